The molecule has 1 rings (SSSR count). The van der Waals surface area contributed by atoms with Crippen LogP contribution in [0.2, 0.25) is 0 Å². The van der Waals surface area contributed by atoms with E-state index in [1.54, 1.807) is 7.05 Å². The molecule has 0 fully saturated rings. The molecule has 0 spiro atoms. The molecule has 6 nitrogen and oxygen atoms in total. The summed E-state index contributed by atoms with van der Waals surface area (Å²) in [7, 11) is 1.67. The lowest BCUT2D eigenvalue weighted by atomic mass is 9.85. The fourth-order valence-corrected chi connectivity index (χ4v) is 2.89. The zero-order valence-corrected chi connectivity index (χ0v) is 17.3. The highest BCUT2D eigenvalue weighted by atomic mass is 35.5. The average molecular weight is 387 g/mol. The number of hydrogen-bond acceptors (Lipinski definition) is 5. The van der Waals surface area contributed by atoms with Crippen LogP contribution in [0.5, 0.6) is 0 Å². The lowest BCUT2D eigenvalue weighted by Crippen LogP contribution is -2.42. The molecule has 25 heavy (non-hydrogen) atoms. The predicted molar refractivity (Wildman–Crippen MR) is 104 cm³/mol. The number of halogens is 1. The van der Waals surface area contributed by atoms with E-state index in [0.29, 0.717) is 23.3 Å². The maximum atomic E-state index is 12.4. The first-order valence-electron chi connectivity index (χ1n) is 8.08. The summed E-state index contributed by atoms with van der Waals surface area (Å²) < 4.78 is 5.50. The standard InChI is InChI=1S/C17H27ClN4O2S/c1-8-24-13(4)14-20-21-16(25-14)22(7)15(23)19-10-17(5,6)11(2)9-12(3)18/h9,13H,3,8,10H2,1-2,4-7H3,(H,19,23)/b11-9+. The van der Waals surface area contributed by atoms with Crippen LogP contribution in [0.25, 0.3) is 0 Å². The summed E-state index contributed by atoms with van der Waals surface area (Å²) in [6.07, 6.45) is 1.67. The van der Waals surface area contributed by atoms with Crippen LogP contribution in [0.4, 0.5) is 9.93 Å². The third-order valence-electron chi connectivity index (χ3n) is 3.91. The molecule has 1 aromatic rings. The van der Waals surface area contributed by atoms with E-state index in [-0.39, 0.29) is 17.6 Å². The number of hydrogen-bond donors (Lipinski definition) is 1. The van der Waals surface area contributed by atoms with Crippen molar-refractivity contribution in [3.63, 3.8) is 0 Å². The van der Waals surface area contributed by atoms with Crippen LogP contribution >= 0.6 is 22.9 Å². The Bertz CT molecular complexity index is 642. The van der Waals surface area contributed by atoms with Crippen molar-refractivity contribution in [3.8, 4) is 0 Å². The summed E-state index contributed by atoms with van der Waals surface area (Å²) in [4.78, 5) is 13.9. The van der Waals surface area contributed by atoms with Gasteiger partial charge in [-0.2, -0.15) is 0 Å². The minimum absolute atomic E-state index is 0.136. The SMILES string of the molecule is C=C(Cl)/C=C(\C)C(C)(C)CNC(=O)N(C)c1nnc(C(C)OCC)s1. The van der Waals surface area contributed by atoms with Crippen molar-refractivity contribution in [2.75, 3.05) is 25.1 Å². The van der Waals surface area contributed by atoms with Gasteiger partial charge in [-0.25, -0.2) is 4.79 Å². The van der Waals surface area contributed by atoms with E-state index in [0.717, 1.165) is 10.6 Å². The summed E-state index contributed by atoms with van der Waals surface area (Å²) in [6, 6.07) is -0.239. The van der Waals surface area contributed by atoms with Crippen molar-refractivity contribution >= 4 is 34.1 Å². The van der Waals surface area contributed by atoms with Gasteiger partial charge < -0.3 is 10.1 Å². The number of ether oxygens (including phenoxy) is 1. The molecule has 0 radical (unpaired) electrons. The molecule has 1 N–H and O–H groups in total. The molecule has 0 aromatic carbocycles. The molecule has 1 heterocycles. The Labute approximate surface area is 158 Å². The normalized spacial score (nSPS) is 13.5. The first kappa shape index (κ1) is 21.6. The van der Waals surface area contributed by atoms with Crippen molar-refractivity contribution in [2.45, 2.75) is 40.7 Å². The highest BCUT2D eigenvalue weighted by molar-refractivity contribution is 7.15. The van der Waals surface area contributed by atoms with Crippen molar-refractivity contribution in [1.29, 1.82) is 0 Å². The van der Waals surface area contributed by atoms with Gasteiger partial charge in [-0.3, -0.25) is 4.90 Å². The zero-order chi connectivity index (χ0) is 19.2. The van der Waals surface area contributed by atoms with Crippen LogP contribution in [0.3, 0.4) is 0 Å². The maximum Gasteiger partial charge on any atom is 0.323 e. The number of aromatic nitrogens is 2. The van der Waals surface area contributed by atoms with Crippen LogP contribution in [-0.2, 0) is 4.74 Å². The highest BCUT2D eigenvalue weighted by Crippen LogP contribution is 2.28. The topological polar surface area (TPSA) is 67.4 Å². The number of allylic oxidation sites excluding steroid dienone is 2. The highest BCUT2D eigenvalue weighted by Gasteiger charge is 2.24. The number of anilines is 1. The van der Waals surface area contributed by atoms with Gasteiger partial charge in [-0.05, 0) is 26.8 Å². The van der Waals surface area contributed by atoms with Gasteiger partial charge in [0.05, 0.1) is 0 Å². The monoisotopic (exact) mass is 386 g/mol. The maximum absolute atomic E-state index is 12.4. The molecule has 0 aliphatic rings. The van der Waals surface area contributed by atoms with Gasteiger partial charge in [0, 0.05) is 30.6 Å². The molecule has 8 heteroatoms. The van der Waals surface area contributed by atoms with E-state index in [9.17, 15) is 4.79 Å². The van der Waals surface area contributed by atoms with Gasteiger partial charge in [0.1, 0.15) is 11.1 Å². The lowest BCUT2D eigenvalue weighted by Gasteiger charge is -2.27. The Morgan fingerprint density at radius 3 is 2.72 bits per heavy atom. The molecule has 2 amide bonds. The van der Waals surface area contributed by atoms with E-state index < -0.39 is 0 Å². The van der Waals surface area contributed by atoms with Gasteiger partial charge in [0.15, 0.2) is 0 Å². The van der Waals surface area contributed by atoms with Crippen molar-refractivity contribution in [3.05, 3.63) is 28.3 Å². The molecule has 1 unspecified atom stereocenters. The molecule has 0 aliphatic carbocycles. The molecule has 0 saturated heterocycles. The van der Waals surface area contributed by atoms with E-state index in [1.807, 2.05) is 40.7 Å². The molecule has 140 valence electrons. The molecule has 0 bridgehead atoms. The molecule has 1 aromatic heterocycles. The number of amides is 2. The third kappa shape index (κ3) is 6.41. The van der Waals surface area contributed by atoms with Crippen molar-refractivity contribution < 1.29 is 9.53 Å². The van der Waals surface area contributed by atoms with Gasteiger partial charge in [-0.1, -0.05) is 48.9 Å². The van der Waals surface area contributed by atoms with Crippen molar-refractivity contribution in [1.82, 2.24) is 15.5 Å². The smallest absolute Gasteiger partial charge is 0.323 e. The Kier molecular flexibility index (Phi) is 8.05. The minimum Gasteiger partial charge on any atom is -0.372 e. The van der Waals surface area contributed by atoms with Gasteiger partial charge >= 0.3 is 6.03 Å². The fraction of sp³-hybridized carbons (Fsp3) is 0.588. The van der Waals surface area contributed by atoms with Crippen LogP contribution in [-0.4, -0.2) is 36.4 Å². The third-order valence-corrected chi connectivity index (χ3v) is 5.18. The molecule has 1 atom stereocenters. The Hall–Kier alpha value is -1.44. The number of urea groups is 1. The minimum atomic E-state index is -0.246. The summed E-state index contributed by atoms with van der Waals surface area (Å²) in [5.41, 5.74) is 0.795. The molecular weight excluding hydrogens is 360 g/mol. The van der Waals surface area contributed by atoms with E-state index in [2.05, 4.69) is 22.1 Å². The Balaban J connectivity index is 2.70. The van der Waals surface area contributed by atoms with Crippen LogP contribution in [0.1, 0.15) is 45.7 Å². The van der Waals surface area contributed by atoms with E-state index in [4.69, 9.17) is 16.3 Å². The molecule has 0 aliphatic heterocycles. The van der Waals surface area contributed by atoms with Gasteiger partial charge in [0.25, 0.3) is 0 Å². The second-order valence-electron chi connectivity index (χ2n) is 6.40. The Morgan fingerprint density at radius 1 is 1.52 bits per heavy atom. The second-order valence-corrected chi connectivity index (χ2v) is 7.87. The quantitative estimate of drug-likeness (QED) is 0.667. The average Bonchev–Trinajstić information content (AvgIpc) is 3.01. The zero-order valence-electron chi connectivity index (χ0n) is 15.7. The second kappa shape index (κ2) is 9.31. The first-order valence-corrected chi connectivity index (χ1v) is 9.27. The fourth-order valence-electron chi connectivity index (χ4n) is 1.92. The largest absolute Gasteiger partial charge is 0.372 e. The predicted octanol–water partition coefficient (Wildman–Crippen LogP) is 4.51. The Morgan fingerprint density at radius 2 is 2.16 bits per heavy atom. The summed E-state index contributed by atoms with van der Waals surface area (Å²) in [5, 5.41) is 12.8. The lowest BCUT2D eigenvalue weighted by molar-refractivity contribution is 0.0757. The number of nitrogens with zero attached hydrogens (tertiary/aromatic N) is 3. The molecule has 0 saturated carbocycles. The van der Waals surface area contributed by atoms with Crippen molar-refractivity contribution in [2.24, 2.45) is 5.41 Å². The number of carbonyl (C=O) groups is 1. The van der Waals surface area contributed by atoms with Crippen LogP contribution in [0.15, 0.2) is 23.3 Å². The van der Waals surface area contributed by atoms with E-state index in [1.165, 1.54) is 16.2 Å². The van der Waals surface area contributed by atoms with Crippen LogP contribution in [0, 0.1) is 5.41 Å². The number of nitrogens with one attached hydrogen (secondary N) is 1. The summed E-state index contributed by atoms with van der Waals surface area (Å²) in [5.74, 6) is 0. The number of rotatable bonds is 8. The number of carbonyl (C=O) groups excluding carboxylic acids is 1. The molecular formula is C17H27ClN4O2S. The van der Waals surface area contributed by atoms with Crippen LogP contribution < -0.4 is 10.2 Å². The summed E-state index contributed by atoms with van der Waals surface area (Å²) >= 11 is 7.17. The summed E-state index contributed by atoms with van der Waals surface area (Å²) in [6.45, 7) is 14.6. The van der Waals surface area contributed by atoms with Gasteiger partial charge in [-0.15, -0.1) is 10.2 Å². The van der Waals surface area contributed by atoms with E-state index >= 15 is 0 Å². The van der Waals surface area contributed by atoms with Gasteiger partial charge in [0.2, 0.25) is 5.13 Å². The first-order chi connectivity index (χ1) is 11.6.